The molecule has 20 heavy (non-hydrogen) atoms. The molecule has 1 aromatic rings. The van der Waals surface area contributed by atoms with Crippen molar-refractivity contribution in [3.63, 3.8) is 0 Å². The van der Waals surface area contributed by atoms with Crippen molar-refractivity contribution < 1.29 is 18.6 Å². The van der Waals surface area contributed by atoms with Crippen molar-refractivity contribution in [1.29, 1.82) is 0 Å². The van der Waals surface area contributed by atoms with Gasteiger partial charge in [0.15, 0.2) is 0 Å². The second-order valence-corrected chi connectivity index (χ2v) is 5.30. The van der Waals surface area contributed by atoms with Gasteiger partial charge in [0.05, 0.1) is 6.10 Å². The van der Waals surface area contributed by atoms with Crippen molar-refractivity contribution in [3.05, 3.63) is 29.8 Å². The molecular weight excluding hydrogens is 264 g/mol. The molecule has 2 atom stereocenters. The average molecular weight is 285 g/mol. The first kappa shape index (κ1) is 15.2. The summed E-state index contributed by atoms with van der Waals surface area (Å²) < 4.78 is 28.5. The van der Waals surface area contributed by atoms with Crippen molar-refractivity contribution in [1.82, 2.24) is 4.90 Å². The Labute approximate surface area is 118 Å². The Bertz CT molecular complexity index is 409. The number of hydrogen-bond acceptors (Lipinski definition) is 3. The van der Waals surface area contributed by atoms with E-state index in [0.717, 1.165) is 37.9 Å². The van der Waals surface area contributed by atoms with E-state index < -0.39 is 6.61 Å². The zero-order valence-electron chi connectivity index (χ0n) is 11.6. The molecule has 0 bridgehead atoms. The maximum absolute atomic E-state index is 12.1. The number of benzene rings is 1. The van der Waals surface area contributed by atoms with Crippen LogP contribution in [0.2, 0.25) is 0 Å². The van der Waals surface area contributed by atoms with Crippen molar-refractivity contribution in [2.45, 2.75) is 51.5 Å². The van der Waals surface area contributed by atoms with Crippen molar-refractivity contribution >= 4 is 0 Å². The molecule has 0 radical (unpaired) electrons. The van der Waals surface area contributed by atoms with E-state index >= 15 is 0 Å². The van der Waals surface area contributed by atoms with Crippen LogP contribution in [0.4, 0.5) is 8.78 Å². The van der Waals surface area contributed by atoms with E-state index in [-0.39, 0.29) is 17.9 Å². The summed E-state index contributed by atoms with van der Waals surface area (Å²) in [7, 11) is 0. The van der Waals surface area contributed by atoms with E-state index in [4.69, 9.17) is 0 Å². The highest BCUT2D eigenvalue weighted by molar-refractivity contribution is 5.27. The predicted molar refractivity (Wildman–Crippen MR) is 72.8 cm³/mol. The molecule has 1 aliphatic heterocycles. The number of likely N-dealkylation sites (tertiary alicyclic amines) is 1. The number of piperidine rings is 1. The van der Waals surface area contributed by atoms with E-state index in [1.807, 2.05) is 6.92 Å². The number of hydrogen-bond donors (Lipinski definition) is 1. The third kappa shape index (κ3) is 4.15. The van der Waals surface area contributed by atoms with Crippen LogP contribution in [0.25, 0.3) is 0 Å². The minimum atomic E-state index is -2.79. The van der Waals surface area contributed by atoms with Gasteiger partial charge in [0.2, 0.25) is 0 Å². The molecule has 0 aliphatic carbocycles. The third-order valence-electron chi connectivity index (χ3n) is 3.76. The zero-order valence-corrected chi connectivity index (χ0v) is 11.6. The molecule has 3 nitrogen and oxygen atoms in total. The fourth-order valence-electron chi connectivity index (χ4n) is 2.77. The molecule has 1 N–H and O–H groups in total. The molecule has 0 aromatic heterocycles. The van der Waals surface area contributed by atoms with E-state index in [1.165, 1.54) is 0 Å². The van der Waals surface area contributed by atoms with Gasteiger partial charge in [0.25, 0.3) is 0 Å². The van der Waals surface area contributed by atoms with Crippen LogP contribution in [-0.2, 0) is 6.54 Å². The number of nitrogens with zero attached hydrogens (tertiary/aromatic N) is 1. The Balaban J connectivity index is 1.97. The molecule has 112 valence electrons. The molecule has 1 aliphatic rings. The van der Waals surface area contributed by atoms with Crippen LogP contribution in [0, 0.1) is 0 Å². The van der Waals surface area contributed by atoms with Gasteiger partial charge in [0.1, 0.15) is 5.75 Å². The summed E-state index contributed by atoms with van der Waals surface area (Å²) in [6, 6.07) is 6.89. The topological polar surface area (TPSA) is 32.7 Å². The molecule has 0 amide bonds. The lowest BCUT2D eigenvalue weighted by atomic mass is 9.97. The minimum Gasteiger partial charge on any atom is -0.435 e. The summed E-state index contributed by atoms with van der Waals surface area (Å²) in [6.45, 7) is 0.723. The Morgan fingerprint density at radius 1 is 1.30 bits per heavy atom. The van der Waals surface area contributed by atoms with Crippen LogP contribution < -0.4 is 4.74 Å². The van der Waals surface area contributed by atoms with Gasteiger partial charge in [-0.2, -0.15) is 8.78 Å². The molecule has 2 rings (SSSR count). The maximum atomic E-state index is 12.1. The van der Waals surface area contributed by atoms with Crippen LogP contribution in [-0.4, -0.2) is 35.3 Å². The van der Waals surface area contributed by atoms with Crippen LogP contribution >= 0.6 is 0 Å². The monoisotopic (exact) mass is 285 g/mol. The molecule has 5 heteroatoms. The molecule has 1 saturated heterocycles. The second-order valence-electron chi connectivity index (χ2n) is 5.30. The van der Waals surface area contributed by atoms with Gasteiger partial charge in [0, 0.05) is 12.6 Å². The second kappa shape index (κ2) is 6.99. The summed E-state index contributed by atoms with van der Waals surface area (Å²) in [5.41, 5.74) is 1.04. The largest absolute Gasteiger partial charge is 0.435 e. The summed E-state index contributed by atoms with van der Waals surface area (Å²) in [4.78, 5) is 2.26. The van der Waals surface area contributed by atoms with E-state index in [9.17, 15) is 13.9 Å². The highest BCUT2D eigenvalue weighted by Gasteiger charge is 2.25. The van der Waals surface area contributed by atoms with Crippen LogP contribution in [0.3, 0.4) is 0 Å². The predicted octanol–water partition coefficient (Wildman–Crippen LogP) is 3.02. The van der Waals surface area contributed by atoms with Gasteiger partial charge < -0.3 is 9.84 Å². The number of aliphatic hydroxyl groups is 1. The smallest absolute Gasteiger partial charge is 0.387 e. The van der Waals surface area contributed by atoms with E-state index in [0.29, 0.717) is 0 Å². The molecule has 1 heterocycles. The maximum Gasteiger partial charge on any atom is 0.387 e. The van der Waals surface area contributed by atoms with Gasteiger partial charge in [-0.25, -0.2) is 0 Å². The first-order valence-electron chi connectivity index (χ1n) is 7.02. The van der Waals surface area contributed by atoms with Gasteiger partial charge >= 0.3 is 6.61 Å². The number of halogens is 2. The first-order valence-corrected chi connectivity index (χ1v) is 7.02. The summed E-state index contributed by atoms with van der Waals surface area (Å²) in [5.74, 6) is 0.175. The molecule has 1 fully saturated rings. The van der Waals surface area contributed by atoms with Crippen molar-refractivity contribution in [3.8, 4) is 5.75 Å². The summed E-state index contributed by atoms with van der Waals surface area (Å²) in [6.07, 6.45) is 2.93. The van der Waals surface area contributed by atoms with Gasteiger partial charge in [-0.15, -0.1) is 0 Å². The molecular formula is C15H21F2NO2. The third-order valence-corrected chi connectivity index (χ3v) is 3.76. The standard InChI is InChI=1S/C15H21F2NO2/c1-11(19)14-4-2-3-9-18(14)10-12-5-7-13(8-6-12)20-15(16)17/h5-8,11,14-15,19H,2-4,9-10H2,1H3. The van der Waals surface area contributed by atoms with Gasteiger partial charge in [-0.1, -0.05) is 18.6 Å². The molecule has 0 spiro atoms. The van der Waals surface area contributed by atoms with E-state index in [1.54, 1.807) is 24.3 Å². The lowest BCUT2D eigenvalue weighted by Crippen LogP contribution is -2.45. The van der Waals surface area contributed by atoms with Crippen LogP contribution in [0.5, 0.6) is 5.75 Å². The lowest BCUT2D eigenvalue weighted by molar-refractivity contribution is -0.0498. The fraction of sp³-hybridized carbons (Fsp3) is 0.600. The molecule has 2 unspecified atom stereocenters. The Kier molecular flexibility index (Phi) is 5.31. The lowest BCUT2D eigenvalue weighted by Gasteiger charge is -2.37. The summed E-state index contributed by atoms with van der Waals surface area (Å²) >= 11 is 0. The first-order chi connectivity index (χ1) is 9.56. The Morgan fingerprint density at radius 3 is 2.60 bits per heavy atom. The molecule has 0 saturated carbocycles. The SMILES string of the molecule is CC(O)C1CCCCN1Cc1ccc(OC(F)F)cc1. The highest BCUT2D eigenvalue weighted by Crippen LogP contribution is 2.23. The fourth-order valence-corrected chi connectivity index (χ4v) is 2.77. The number of ether oxygens (including phenoxy) is 1. The zero-order chi connectivity index (χ0) is 14.5. The van der Waals surface area contributed by atoms with Crippen LogP contribution in [0.15, 0.2) is 24.3 Å². The molecule has 1 aromatic carbocycles. The van der Waals surface area contributed by atoms with Crippen molar-refractivity contribution in [2.24, 2.45) is 0 Å². The average Bonchev–Trinajstić information content (AvgIpc) is 2.41. The Hall–Kier alpha value is -1.20. The normalized spacial score (nSPS) is 21.9. The highest BCUT2D eigenvalue weighted by atomic mass is 19.3. The number of aliphatic hydroxyl groups excluding tert-OH is 1. The number of rotatable bonds is 5. The van der Waals surface area contributed by atoms with Crippen LogP contribution in [0.1, 0.15) is 31.7 Å². The van der Waals surface area contributed by atoms with E-state index in [2.05, 4.69) is 9.64 Å². The quantitative estimate of drug-likeness (QED) is 0.902. The number of alkyl halides is 2. The summed E-state index contributed by atoms with van der Waals surface area (Å²) in [5, 5.41) is 9.82. The van der Waals surface area contributed by atoms with Gasteiger partial charge in [-0.3, -0.25) is 4.90 Å². The Morgan fingerprint density at radius 2 is 2.00 bits per heavy atom. The van der Waals surface area contributed by atoms with Gasteiger partial charge in [-0.05, 0) is 44.0 Å². The van der Waals surface area contributed by atoms with Crippen molar-refractivity contribution in [2.75, 3.05) is 6.54 Å². The minimum absolute atomic E-state index is 0.175.